The Kier molecular flexibility index (Phi) is 37.3. The highest BCUT2D eigenvalue weighted by Crippen LogP contribution is 2.43. The number of carbonyl (C=O) groups excluding carboxylic acids is 2. The van der Waals surface area contributed by atoms with Gasteiger partial charge in [0.25, 0.3) is 0 Å². The molecule has 0 aliphatic rings. The standard InChI is InChI=1S/C44H75O8P/c1-4-7-9-11-13-15-17-19-21-22-23-24-25-27-29-31-33-35-37-39-44(46)52-42(41-51-53(47,48)50-6-3)40-49-43(45)38-36-34-32-30-28-26-20-18-16-14-12-10-8-5-2/h7,9,12-15,18-21,23-24,42H,4-6,8,10-11,16-17,22,25-41H2,1-3H3,(H,47,48)/b9-7-,14-12-,15-13-,20-18-,21-19-,24-23-. The zero-order valence-corrected chi connectivity index (χ0v) is 34.5. The fourth-order valence-electron chi connectivity index (χ4n) is 5.22. The van der Waals surface area contributed by atoms with E-state index in [0.29, 0.717) is 6.42 Å². The second-order valence-corrected chi connectivity index (χ2v) is 14.7. The number of hydrogen-bond donors (Lipinski definition) is 1. The molecule has 0 radical (unpaired) electrons. The van der Waals surface area contributed by atoms with Crippen LogP contribution in [0.5, 0.6) is 0 Å². The molecule has 8 nitrogen and oxygen atoms in total. The topological polar surface area (TPSA) is 108 Å². The van der Waals surface area contributed by atoms with Gasteiger partial charge >= 0.3 is 19.8 Å². The Labute approximate surface area is 323 Å². The lowest BCUT2D eigenvalue weighted by molar-refractivity contribution is -0.161. The van der Waals surface area contributed by atoms with Crippen molar-refractivity contribution in [1.29, 1.82) is 0 Å². The molecule has 0 aromatic rings. The Morgan fingerprint density at radius 1 is 0.528 bits per heavy atom. The number of carbonyl (C=O) groups is 2. The fourth-order valence-corrected chi connectivity index (χ4v) is 5.98. The molecular weight excluding hydrogens is 687 g/mol. The van der Waals surface area contributed by atoms with Gasteiger partial charge in [0.2, 0.25) is 0 Å². The maximum absolute atomic E-state index is 12.5. The SMILES string of the molecule is CC/C=C\C/C=C\C/C=C\C/C=C\CCCCCCCCC(=O)OC(COC(=O)CCCCCCC/C=C\C/C=C\CCCC)COP(=O)(O)OCC. The lowest BCUT2D eigenvalue weighted by Crippen LogP contribution is -2.29. The number of esters is 2. The lowest BCUT2D eigenvalue weighted by atomic mass is 10.1. The predicted octanol–water partition coefficient (Wildman–Crippen LogP) is 12.9. The molecule has 0 rings (SSSR count). The minimum atomic E-state index is -4.29. The molecule has 0 aromatic carbocycles. The Morgan fingerprint density at radius 3 is 1.45 bits per heavy atom. The number of ether oxygens (including phenoxy) is 2. The van der Waals surface area contributed by atoms with Crippen LogP contribution in [0.25, 0.3) is 0 Å². The maximum atomic E-state index is 12.5. The Hall–Kier alpha value is -2.51. The Bertz CT molecular complexity index is 1090. The van der Waals surface area contributed by atoms with Gasteiger partial charge in [-0.1, -0.05) is 145 Å². The summed E-state index contributed by atoms with van der Waals surface area (Å²) in [6.07, 6.45) is 48.1. The maximum Gasteiger partial charge on any atom is 0.472 e. The van der Waals surface area contributed by atoms with Crippen molar-refractivity contribution in [2.24, 2.45) is 0 Å². The van der Waals surface area contributed by atoms with E-state index >= 15 is 0 Å². The second kappa shape index (κ2) is 39.2. The number of hydrogen-bond acceptors (Lipinski definition) is 7. The molecule has 0 fully saturated rings. The van der Waals surface area contributed by atoms with Gasteiger partial charge in [-0.2, -0.15) is 0 Å². The highest BCUT2D eigenvalue weighted by molar-refractivity contribution is 7.47. The third-order valence-corrected chi connectivity index (χ3v) is 9.31. The van der Waals surface area contributed by atoms with Crippen LogP contribution in [0, 0.1) is 0 Å². The van der Waals surface area contributed by atoms with Gasteiger partial charge in [-0.25, -0.2) is 4.57 Å². The third-order valence-electron chi connectivity index (χ3n) is 8.25. The van der Waals surface area contributed by atoms with Gasteiger partial charge < -0.3 is 14.4 Å². The van der Waals surface area contributed by atoms with Gasteiger partial charge in [0.15, 0.2) is 6.10 Å². The molecule has 0 aliphatic carbocycles. The van der Waals surface area contributed by atoms with Crippen LogP contribution in [0.3, 0.4) is 0 Å². The lowest BCUT2D eigenvalue weighted by Gasteiger charge is -2.19. The van der Waals surface area contributed by atoms with Gasteiger partial charge in [0.1, 0.15) is 6.61 Å². The Morgan fingerprint density at radius 2 is 0.962 bits per heavy atom. The number of allylic oxidation sites excluding steroid dienone is 12. The average Bonchev–Trinajstić information content (AvgIpc) is 3.13. The molecule has 53 heavy (non-hydrogen) atoms. The van der Waals surface area contributed by atoms with Crippen LogP contribution >= 0.6 is 7.82 Å². The number of phosphoric acid groups is 1. The van der Waals surface area contributed by atoms with E-state index in [1.807, 2.05) is 0 Å². The molecule has 0 heterocycles. The molecule has 0 saturated heterocycles. The first-order valence-corrected chi connectivity index (χ1v) is 22.2. The monoisotopic (exact) mass is 763 g/mol. The van der Waals surface area contributed by atoms with Crippen LogP contribution in [0.4, 0.5) is 0 Å². The first-order valence-electron chi connectivity index (χ1n) is 20.7. The summed E-state index contributed by atoms with van der Waals surface area (Å²) in [5.41, 5.74) is 0. The largest absolute Gasteiger partial charge is 0.472 e. The van der Waals surface area contributed by atoms with E-state index in [9.17, 15) is 19.0 Å². The van der Waals surface area contributed by atoms with Crippen LogP contribution in [-0.4, -0.2) is 42.8 Å². The van der Waals surface area contributed by atoms with Gasteiger partial charge in [-0.05, 0) is 84.0 Å². The van der Waals surface area contributed by atoms with Crippen molar-refractivity contribution in [3.05, 3.63) is 72.9 Å². The normalized spacial score (nSPS) is 14.1. The second-order valence-electron chi connectivity index (χ2n) is 13.3. The van der Waals surface area contributed by atoms with E-state index in [4.69, 9.17) is 18.5 Å². The summed E-state index contributed by atoms with van der Waals surface area (Å²) in [7, 11) is -4.29. The zero-order chi connectivity index (χ0) is 38.9. The van der Waals surface area contributed by atoms with E-state index in [1.165, 1.54) is 12.8 Å². The molecule has 2 atom stereocenters. The van der Waals surface area contributed by atoms with Crippen molar-refractivity contribution in [2.75, 3.05) is 19.8 Å². The summed E-state index contributed by atoms with van der Waals surface area (Å²) in [5.74, 6) is -0.837. The zero-order valence-electron chi connectivity index (χ0n) is 33.6. The van der Waals surface area contributed by atoms with Crippen molar-refractivity contribution in [3.63, 3.8) is 0 Å². The van der Waals surface area contributed by atoms with Crippen molar-refractivity contribution in [1.82, 2.24) is 0 Å². The van der Waals surface area contributed by atoms with E-state index in [2.05, 4.69) is 86.8 Å². The van der Waals surface area contributed by atoms with Crippen LogP contribution in [0.2, 0.25) is 0 Å². The quantitative estimate of drug-likeness (QED) is 0.0288. The van der Waals surface area contributed by atoms with Crippen LogP contribution < -0.4 is 0 Å². The fraction of sp³-hybridized carbons (Fsp3) is 0.682. The highest BCUT2D eigenvalue weighted by atomic mass is 31.2. The van der Waals surface area contributed by atoms with Crippen LogP contribution in [-0.2, 0) is 32.7 Å². The molecule has 0 saturated carbocycles. The van der Waals surface area contributed by atoms with E-state index in [0.717, 1.165) is 116 Å². The van der Waals surface area contributed by atoms with Crippen LogP contribution in [0.15, 0.2) is 72.9 Å². The van der Waals surface area contributed by atoms with Gasteiger partial charge in [0.05, 0.1) is 13.2 Å². The molecule has 1 N–H and O–H groups in total. The first-order chi connectivity index (χ1) is 25.8. The van der Waals surface area contributed by atoms with Gasteiger partial charge in [-0.3, -0.25) is 18.6 Å². The van der Waals surface area contributed by atoms with E-state index in [-0.39, 0.29) is 32.0 Å². The molecule has 0 aromatic heterocycles. The van der Waals surface area contributed by atoms with E-state index < -0.39 is 26.5 Å². The third kappa shape index (κ3) is 39.0. The Balaban J connectivity index is 4.17. The molecule has 9 heteroatoms. The number of rotatable bonds is 37. The number of phosphoric ester groups is 1. The summed E-state index contributed by atoms with van der Waals surface area (Å²) in [5, 5.41) is 0. The predicted molar refractivity (Wildman–Crippen MR) is 221 cm³/mol. The molecule has 0 spiro atoms. The molecule has 2 unspecified atom stereocenters. The molecule has 0 bridgehead atoms. The van der Waals surface area contributed by atoms with Crippen LogP contribution in [0.1, 0.15) is 168 Å². The molecule has 0 aliphatic heterocycles. The number of unbranched alkanes of at least 4 members (excludes halogenated alkanes) is 13. The van der Waals surface area contributed by atoms with Crippen molar-refractivity contribution < 1.29 is 37.6 Å². The summed E-state index contributed by atoms with van der Waals surface area (Å²) < 4.78 is 32.6. The van der Waals surface area contributed by atoms with E-state index in [1.54, 1.807) is 6.92 Å². The summed E-state index contributed by atoms with van der Waals surface area (Å²) in [6, 6.07) is 0. The summed E-state index contributed by atoms with van der Waals surface area (Å²) in [6.45, 7) is 5.27. The summed E-state index contributed by atoms with van der Waals surface area (Å²) in [4.78, 5) is 34.7. The smallest absolute Gasteiger partial charge is 0.462 e. The van der Waals surface area contributed by atoms with Crippen molar-refractivity contribution in [2.45, 2.75) is 175 Å². The molecular formula is C44H75O8P. The first kappa shape index (κ1) is 50.5. The average molecular weight is 763 g/mol. The molecule has 304 valence electrons. The minimum absolute atomic E-state index is 0.00879. The highest BCUT2D eigenvalue weighted by Gasteiger charge is 2.25. The summed E-state index contributed by atoms with van der Waals surface area (Å²) >= 11 is 0. The van der Waals surface area contributed by atoms with Crippen molar-refractivity contribution >= 4 is 19.8 Å². The minimum Gasteiger partial charge on any atom is -0.462 e. The van der Waals surface area contributed by atoms with Gasteiger partial charge in [-0.15, -0.1) is 0 Å². The molecule has 0 amide bonds. The van der Waals surface area contributed by atoms with Gasteiger partial charge in [0, 0.05) is 12.8 Å². The van der Waals surface area contributed by atoms with Crippen molar-refractivity contribution in [3.8, 4) is 0 Å².